The third kappa shape index (κ3) is 2.93. The number of nitro groups is 1. The van der Waals surface area contributed by atoms with Gasteiger partial charge >= 0.3 is 5.63 Å². The minimum atomic E-state index is -0.541. The highest BCUT2D eigenvalue weighted by Gasteiger charge is 2.17. The molecule has 0 spiro atoms. The average molecular weight is 429 g/mol. The Balaban J connectivity index is 1.87. The van der Waals surface area contributed by atoms with Crippen molar-refractivity contribution in [2.24, 2.45) is 0 Å². The average Bonchev–Trinajstić information content (AvgIpc) is 3.12. The van der Waals surface area contributed by atoms with Gasteiger partial charge in [0.2, 0.25) is 0 Å². The molecule has 0 bridgehead atoms. The van der Waals surface area contributed by atoms with Gasteiger partial charge in [0.15, 0.2) is 5.58 Å². The van der Waals surface area contributed by atoms with Crippen molar-refractivity contribution in [1.29, 1.82) is 0 Å². The molecule has 0 saturated heterocycles. The zero-order chi connectivity index (χ0) is 18.3. The number of hydrogen-bond acceptors (Lipinski definition) is 6. The maximum atomic E-state index is 12.4. The first-order chi connectivity index (χ1) is 12.5. The van der Waals surface area contributed by atoms with Gasteiger partial charge in [-0.15, -0.1) is 11.3 Å². The van der Waals surface area contributed by atoms with Gasteiger partial charge in [0.1, 0.15) is 5.01 Å². The standard InChI is InChI=1S/C18H9BrN2O4S/c19-14-8-12(21(23)24)6-11-7-13(18(22)25-16(11)14)17-20-15(9-26-17)10-4-2-1-3-5-10/h1-9H. The van der Waals surface area contributed by atoms with Crippen molar-refractivity contribution in [2.45, 2.75) is 0 Å². The fraction of sp³-hybridized carbons (Fsp3) is 0. The van der Waals surface area contributed by atoms with Crippen LogP contribution in [-0.4, -0.2) is 9.91 Å². The van der Waals surface area contributed by atoms with E-state index in [0.29, 0.717) is 14.9 Å². The fourth-order valence-corrected chi connectivity index (χ4v) is 3.95. The number of nitrogens with zero attached hydrogens (tertiary/aromatic N) is 2. The normalized spacial score (nSPS) is 11.0. The molecule has 2 aromatic carbocycles. The van der Waals surface area contributed by atoms with Gasteiger partial charge < -0.3 is 4.42 Å². The molecule has 0 atom stereocenters. The molecule has 0 aliphatic rings. The van der Waals surface area contributed by atoms with Crippen molar-refractivity contribution in [1.82, 2.24) is 4.98 Å². The number of thiazole rings is 1. The molecule has 4 rings (SSSR count). The summed E-state index contributed by atoms with van der Waals surface area (Å²) in [6.07, 6.45) is 0. The van der Waals surface area contributed by atoms with E-state index in [9.17, 15) is 14.9 Å². The second kappa shape index (κ2) is 6.47. The van der Waals surface area contributed by atoms with Crippen LogP contribution >= 0.6 is 27.3 Å². The Morgan fingerprint density at radius 1 is 1.15 bits per heavy atom. The van der Waals surface area contributed by atoms with Crippen LogP contribution in [0.25, 0.3) is 32.8 Å². The smallest absolute Gasteiger partial charge is 0.346 e. The summed E-state index contributed by atoms with van der Waals surface area (Å²) >= 11 is 4.53. The number of rotatable bonds is 3. The number of nitro benzene ring substituents is 1. The summed E-state index contributed by atoms with van der Waals surface area (Å²) in [4.78, 5) is 27.5. The van der Waals surface area contributed by atoms with Crippen molar-refractivity contribution < 1.29 is 9.34 Å². The molecule has 0 aliphatic carbocycles. The molecular weight excluding hydrogens is 420 g/mol. The summed E-state index contributed by atoms with van der Waals surface area (Å²) in [6.45, 7) is 0. The lowest BCUT2D eigenvalue weighted by Gasteiger charge is -2.02. The number of halogens is 1. The lowest BCUT2D eigenvalue weighted by Crippen LogP contribution is -2.03. The van der Waals surface area contributed by atoms with E-state index in [4.69, 9.17) is 4.42 Å². The number of aromatic nitrogens is 1. The van der Waals surface area contributed by atoms with Crippen LogP contribution in [0, 0.1) is 10.1 Å². The Bertz CT molecular complexity index is 1200. The molecule has 4 aromatic rings. The van der Waals surface area contributed by atoms with E-state index in [2.05, 4.69) is 20.9 Å². The second-order valence-electron chi connectivity index (χ2n) is 5.45. The van der Waals surface area contributed by atoms with Crippen LogP contribution < -0.4 is 5.63 Å². The van der Waals surface area contributed by atoms with E-state index in [1.54, 1.807) is 6.07 Å². The van der Waals surface area contributed by atoms with Gasteiger partial charge in [-0.1, -0.05) is 30.3 Å². The summed E-state index contributed by atoms with van der Waals surface area (Å²) in [6, 6.07) is 13.9. The summed E-state index contributed by atoms with van der Waals surface area (Å²) in [5, 5.41) is 13.9. The minimum absolute atomic E-state index is 0.0895. The summed E-state index contributed by atoms with van der Waals surface area (Å²) in [5.41, 5.74) is 1.61. The number of hydrogen-bond donors (Lipinski definition) is 0. The zero-order valence-electron chi connectivity index (χ0n) is 13.0. The molecule has 0 saturated carbocycles. The van der Waals surface area contributed by atoms with Gasteiger partial charge in [-0.05, 0) is 22.0 Å². The van der Waals surface area contributed by atoms with E-state index in [1.807, 2.05) is 35.7 Å². The van der Waals surface area contributed by atoms with Crippen LogP contribution in [0.2, 0.25) is 0 Å². The molecule has 26 heavy (non-hydrogen) atoms. The van der Waals surface area contributed by atoms with Gasteiger partial charge in [0.05, 0.1) is 20.7 Å². The molecule has 0 N–H and O–H groups in total. The Labute approximate surface area is 159 Å². The van der Waals surface area contributed by atoms with Gasteiger partial charge in [-0.25, -0.2) is 9.78 Å². The topological polar surface area (TPSA) is 86.2 Å². The number of benzene rings is 2. The second-order valence-corrected chi connectivity index (χ2v) is 7.17. The highest BCUT2D eigenvalue weighted by Crippen LogP contribution is 2.32. The Morgan fingerprint density at radius 2 is 1.92 bits per heavy atom. The Kier molecular flexibility index (Phi) is 4.14. The Hall–Kier alpha value is -2.84. The predicted octanol–water partition coefficient (Wildman–Crippen LogP) is 5.25. The number of non-ortho nitro benzene ring substituents is 1. The van der Waals surface area contributed by atoms with Crippen LogP contribution in [0.15, 0.2) is 67.6 Å². The molecule has 2 aromatic heterocycles. The molecule has 128 valence electrons. The predicted molar refractivity (Wildman–Crippen MR) is 103 cm³/mol. The highest BCUT2D eigenvalue weighted by atomic mass is 79.9. The molecule has 0 fully saturated rings. The van der Waals surface area contributed by atoms with Gasteiger partial charge in [-0.2, -0.15) is 0 Å². The number of fused-ring (bicyclic) bond motifs is 1. The van der Waals surface area contributed by atoms with Crippen molar-refractivity contribution in [3.8, 4) is 21.8 Å². The first-order valence-corrected chi connectivity index (χ1v) is 9.13. The van der Waals surface area contributed by atoms with E-state index >= 15 is 0 Å². The van der Waals surface area contributed by atoms with Crippen molar-refractivity contribution in [3.05, 3.63) is 78.9 Å². The molecule has 0 amide bonds. The van der Waals surface area contributed by atoms with Crippen molar-refractivity contribution >= 4 is 43.9 Å². The van der Waals surface area contributed by atoms with Gasteiger partial charge in [0.25, 0.3) is 5.69 Å². The summed E-state index contributed by atoms with van der Waals surface area (Å²) in [5.74, 6) is 0. The largest absolute Gasteiger partial charge is 0.421 e. The summed E-state index contributed by atoms with van der Waals surface area (Å²) in [7, 11) is 0. The SMILES string of the molecule is O=c1oc2c(Br)cc([N+](=O)[O-])cc2cc1-c1nc(-c2ccccc2)cs1. The van der Waals surface area contributed by atoms with E-state index < -0.39 is 10.5 Å². The molecule has 0 unspecified atom stereocenters. The zero-order valence-corrected chi connectivity index (χ0v) is 15.4. The molecule has 8 heteroatoms. The van der Waals surface area contributed by atoms with Crippen LogP contribution in [0.4, 0.5) is 5.69 Å². The van der Waals surface area contributed by atoms with Gasteiger partial charge in [0, 0.05) is 28.5 Å². The van der Waals surface area contributed by atoms with Crippen molar-refractivity contribution in [3.63, 3.8) is 0 Å². The summed E-state index contributed by atoms with van der Waals surface area (Å²) < 4.78 is 5.73. The molecule has 0 aliphatic heterocycles. The third-order valence-corrected chi connectivity index (χ3v) is 5.25. The lowest BCUT2D eigenvalue weighted by molar-refractivity contribution is -0.384. The fourth-order valence-electron chi connectivity index (χ4n) is 2.57. The third-order valence-electron chi connectivity index (χ3n) is 3.79. The first-order valence-electron chi connectivity index (χ1n) is 7.46. The van der Waals surface area contributed by atoms with E-state index in [-0.39, 0.29) is 16.8 Å². The van der Waals surface area contributed by atoms with E-state index in [1.165, 1.54) is 23.5 Å². The molecule has 6 nitrogen and oxygen atoms in total. The van der Waals surface area contributed by atoms with Crippen LogP contribution in [0.1, 0.15) is 0 Å². The maximum absolute atomic E-state index is 12.4. The van der Waals surface area contributed by atoms with Crippen molar-refractivity contribution in [2.75, 3.05) is 0 Å². The molecular formula is C18H9BrN2O4S. The van der Waals surface area contributed by atoms with Crippen LogP contribution in [-0.2, 0) is 0 Å². The van der Waals surface area contributed by atoms with Gasteiger partial charge in [-0.3, -0.25) is 10.1 Å². The van der Waals surface area contributed by atoms with Crippen LogP contribution in [0.5, 0.6) is 0 Å². The monoisotopic (exact) mass is 428 g/mol. The first kappa shape index (κ1) is 16.6. The molecule has 0 radical (unpaired) electrons. The highest BCUT2D eigenvalue weighted by molar-refractivity contribution is 9.10. The quantitative estimate of drug-likeness (QED) is 0.252. The minimum Gasteiger partial charge on any atom is -0.421 e. The van der Waals surface area contributed by atoms with E-state index in [0.717, 1.165) is 11.3 Å². The maximum Gasteiger partial charge on any atom is 0.346 e. The molecule has 2 heterocycles. The van der Waals surface area contributed by atoms with Crippen LogP contribution in [0.3, 0.4) is 0 Å². The Morgan fingerprint density at radius 3 is 2.65 bits per heavy atom. The lowest BCUT2D eigenvalue weighted by atomic mass is 10.1.